The summed E-state index contributed by atoms with van der Waals surface area (Å²) in [5.74, 6) is 1.05. The molecule has 0 bridgehead atoms. The van der Waals surface area contributed by atoms with Gasteiger partial charge in [0.05, 0.1) is 31.5 Å². The van der Waals surface area contributed by atoms with Crippen molar-refractivity contribution in [1.29, 1.82) is 0 Å². The average Bonchev–Trinajstić information content (AvgIpc) is 3.40. The predicted molar refractivity (Wildman–Crippen MR) is 136 cm³/mol. The Morgan fingerprint density at radius 1 is 1.06 bits per heavy atom. The first-order valence-electron chi connectivity index (χ1n) is 11.7. The number of ether oxygens (including phenoxy) is 2. The highest BCUT2D eigenvalue weighted by atomic mass is 32.2. The summed E-state index contributed by atoms with van der Waals surface area (Å²) in [7, 11) is -3.89. The van der Waals surface area contributed by atoms with Crippen molar-refractivity contribution in [1.82, 2.24) is 24.7 Å². The fourth-order valence-corrected chi connectivity index (χ4v) is 5.04. The third kappa shape index (κ3) is 4.82. The van der Waals surface area contributed by atoms with Crippen molar-refractivity contribution in [3.05, 3.63) is 49.2 Å². The summed E-state index contributed by atoms with van der Waals surface area (Å²) in [6.45, 7) is 7.40. The molecule has 0 saturated carbocycles. The number of anilines is 2. The van der Waals surface area contributed by atoms with E-state index in [1.165, 1.54) is 12.4 Å². The number of aromatic nitrogens is 5. The fourth-order valence-electron chi connectivity index (χ4n) is 4.04. The van der Waals surface area contributed by atoms with Gasteiger partial charge in [-0.3, -0.25) is 9.40 Å². The predicted octanol–water partition coefficient (Wildman–Crippen LogP) is 2.94. The minimum absolute atomic E-state index is 0.0650. The molecule has 1 fully saturated rings. The van der Waals surface area contributed by atoms with Crippen LogP contribution in [0, 0.1) is 0 Å². The van der Waals surface area contributed by atoms with Crippen LogP contribution in [0.1, 0.15) is 13.8 Å². The van der Waals surface area contributed by atoms with Gasteiger partial charge in [-0.15, -0.1) is 0 Å². The van der Waals surface area contributed by atoms with Crippen molar-refractivity contribution in [3.63, 3.8) is 0 Å². The van der Waals surface area contributed by atoms with Crippen LogP contribution < -0.4 is 14.4 Å². The van der Waals surface area contributed by atoms with E-state index in [9.17, 15) is 8.42 Å². The standard InChI is InChI=1S/C24H27N7O4S/c1-3-31-15-19(14-28-31)36(32,33)29-22-12-18(13-25-24(22)35-4-2)17-5-6-21-20(11-17)23(27-16-26-21)30-7-9-34-10-8-30/h5-6,11-16,29H,3-4,7-10H2,1-2H3. The van der Waals surface area contributed by atoms with E-state index in [2.05, 4.69) is 29.7 Å². The second kappa shape index (κ2) is 10.1. The van der Waals surface area contributed by atoms with E-state index < -0.39 is 10.0 Å². The quantitative estimate of drug-likeness (QED) is 0.382. The summed E-state index contributed by atoms with van der Waals surface area (Å²) in [4.78, 5) is 15.6. The molecule has 1 aliphatic heterocycles. The molecule has 0 amide bonds. The Bertz CT molecular complexity index is 1480. The van der Waals surface area contributed by atoms with Gasteiger partial charge in [0.1, 0.15) is 22.7 Å². The Morgan fingerprint density at radius 3 is 2.64 bits per heavy atom. The summed E-state index contributed by atoms with van der Waals surface area (Å²) in [6.07, 6.45) is 6.03. The van der Waals surface area contributed by atoms with Gasteiger partial charge in [0.2, 0.25) is 5.88 Å². The number of aryl methyl sites for hydroxylation is 1. The molecule has 36 heavy (non-hydrogen) atoms. The zero-order valence-corrected chi connectivity index (χ0v) is 20.9. The van der Waals surface area contributed by atoms with Crippen molar-refractivity contribution in [3.8, 4) is 17.0 Å². The number of hydrogen-bond donors (Lipinski definition) is 1. The summed E-state index contributed by atoms with van der Waals surface area (Å²) < 4.78 is 41.4. The van der Waals surface area contributed by atoms with Crippen LogP contribution in [0.4, 0.5) is 11.5 Å². The van der Waals surface area contributed by atoms with Crippen LogP contribution in [0.3, 0.4) is 0 Å². The molecule has 4 heterocycles. The number of hydrogen-bond acceptors (Lipinski definition) is 9. The Morgan fingerprint density at radius 2 is 1.89 bits per heavy atom. The molecule has 11 nitrogen and oxygen atoms in total. The van der Waals surface area contributed by atoms with Gasteiger partial charge in [0.25, 0.3) is 10.0 Å². The van der Waals surface area contributed by atoms with Crippen LogP contribution in [-0.2, 0) is 21.3 Å². The molecule has 0 aliphatic carbocycles. The molecular weight excluding hydrogens is 482 g/mol. The first-order valence-corrected chi connectivity index (χ1v) is 13.2. The van der Waals surface area contributed by atoms with E-state index in [4.69, 9.17) is 9.47 Å². The topological polar surface area (TPSA) is 124 Å². The number of pyridine rings is 1. The van der Waals surface area contributed by atoms with Gasteiger partial charge < -0.3 is 14.4 Å². The lowest BCUT2D eigenvalue weighted by Crippen LogP contribution is -2.36. The van der Waals surface area contributed by atoms with E-state index in [0.29, 0.717) is 26.4 Å². The molecule has 1 aliphatic rings. The molecule has 3 aromatic heterocycles. The number of rotatable bonds is 8. The number of benzene rings is 1. The van der Waals surface area contributed by atoms with E-state index in [-0.39, 0.29) is 16.5 Å². The molecule has 0 unspecified atom stereocenters. The van der Waals surface area contributed by atoms with E-state index in [1.54, 1.807) is 23.3 Å². The summed E-state index contributed by atoms with van der Waals surface area (Å²) in [6, 6.07) is 7.58. The molecule has 4 aromatic rings. The van der Waals surface area contributed by atoms with Crippen LogP contribution in [0.25, 0.3) is 22.0 Å². The highest BCUT2D eigenvalue weighted by Crippen LogP contribution is 2.33. The summed E-state index contributed by atoms with van der Waals surface area (Å²) in [5, 5.41) is 4.97. The number of nitrogens with one attached hydrogen (secondary N) is 1. The van der Waals surface area contributed by atoms with Crippen LogP contribution >= 0.6 is 0 Å². The van der Waals surface area contributed by atoms with Gasteiger partial charge in [-0.25, -0.2) is 23.4 Å². The van der Waals surface area contributed by atoms with Crippen LogP contribution in [0.15, 0.2) is 54.1 Å². The molecule has 0 atom stereocenters. The lowest BCUT2D eigenvalue weighted by Gasteiger charge is -2.28. The SMILES string of the molecule is CCOc1ncc(-c2ccc3ncnc(N4CCOCC4)c3c2)cc1NS(=O)(=O)c1cnn(CC)c1. The zero-order chi connectivity index (χ0) is 25.1. The molecule has 0 spiro atoms. The fraction of sp³-hybridized carbons (Fsp3) is 0.333. The highest BCUT2D eigenvalue weighted by Gasteiger charge is 2.21. The molecule has 188 valence electrons. The van der Waals surface area contributed by atoms with Gasteiger partial charge in [0, 0.05) is 43.0 Å². The van der Waals surface area contributed by atoms with Crippen molar-refractivity contribution in [2.24, 2.45) is 0 Å². The molecule has 12 heteroatoms. The minimum Gasteiger partial charge on any atom is -0.476 e. The number of nitrogens with zero attached hydrogens (tertiary/aromatic N) is 6. The second-order valence-electron chi connectivity index (χ2n) is 8.18. The maximum atomic E-state index is 13.0. The normalized spacial score (nSPS) is 14.2. The van der Waals surface area contributed by atoms with Gasteiger partial charge in [-0.05, 0) is 37.6 Å². The number of morpholine rings is 1. The van der Waals surface area contributed by atoms with Crippen LogP contribution in [0.2, 0.25) is 0 Å². The van der Waals surface area contributed by atoms with Gasteiger partial charge in [-0.1, -0.05) is 6.07 Å². The first kappa shape index (κ1) is 23.9. The number of fused-ring (bicyclic) bond motifs is 1. The number of sulfonamides is 1. The van der Waals surface area contributed by atoms with Crippen molar-refractivity contribution in [2.75, 3.05) is 42.5 Å². The Hall–Kier alpha value is -3.77. The van der Waals surface area contributed by atoms with Gasteiger partial charge >= 0.3 is 0 Å². The van der Waals surface area contributed by atoms with E-state index >= 15 is 0 Å². The second-order valence-corrected chi connectivity index (χ2v) is 9.86. The molecule has 0 radical (unpaired) electrons. The lowest BCUT2D eigenvalue weighted by atomic mass is 10.0. The zero-order valence-electron chi connectivity index (χ0n) is 20.1. The van der Waals surface area contributed by atoms with Crippen molar-refractivity contribution < 1.29 is 17.9 Å². The third-order valence-corrected chi connectivity index (χ3v) is 7.20. The monoisotopic (exact) mass is 509 g/mol. The maximum Gasteiger partial charge on any atom is 0.265 e. The Kier molecular flexibility index (Phi) is 6.70. The average molecular weight is 510 g/mol. The van der Waals surface area contributed by atoms with Crippen LogP contribution in [0.5, 0.6) is 5.88 Å². The van der Waals surface area contributed by atoms with Crippen molar-refractivity contribution >= 4 is 32.4 Å². The largest absolute Gasteiger partial charge is 0.476 e. The molecule has 1 aromatic carbocycles. The smallest absolute Gasteiger partial charge is 0.265 e. The van der Waals surface area contributed by atoms with E-state index in [1.807, 2.05) is 32.0 Å². The lowest BCUT2D eigenvalue weighted by molar-refractivity contribution is 0.122. The van der Waals surface area contributed by atoms with E-state index in [0.717, 1.165) is 40.9 Å². The highest BCUT2D eigenvalue weighted by molar-refractivity contribution is 7.92. The molecular formula is C24H27N7O4S. The third-order valence-electron chi connectivity index (χ3n) is 5.88. The maximum absolute atomic E-state index is 13.0. The molecule has 5 rings (SSSR count). The van der Waals surface area contributed by atoms with Crippen molar-refractivity contribution in [2.45, 2.75) is 25.3 Å². The Labute approximate surface area is 209 Å². The minimum atomic E-state index is -3.89. The van der Waals surface area contributed by atoms with Crippen LogP contribution in [-0.4, -0.2) is 66.1 Å². The van der Waals surface area contributed by atoms with Gasteiger partial charge in [-0.2, -0.15) is 5.10 Å². The van der Waals surface area contributed by atoms with Gasteiger partial charge in [0.15, 0.2) is 0 Å². The summed E-state index contributed by atoms with van der Waals surface area (Å²) in [5.41, 5.74) is 2.64. The Balaban J connectivity index is 1.53. The first-order chi connectivity index (χ1) is 17.5. The molecule has 1 saturated heterocycles. The summed E-state index contributed by atoms with van der Waals surface area (Å²) >= 11 is 0. The molecule has 1 N–H and O–H groups in total.